The molecule has 0 saturated carbocycles. The van der Waals surface area contributed by atoms with E-state index in [1.807, 2.05) is 91.0 Å². The van der Waals surface area contributed by atoms with Gasteiger partial charge in [0.15, 0.2) is 17.5 Å². The van der Waals surface area contributed by atoms with Gasteiger partial charge in [0.2, 0.25) is 0 Å². The second-order valence-corrected chi connectivity index (χ2v) is 14.0. The van der Waals surface area contributed by atoms with Gasteiger partial charge in [-0.25, -0.2) is 23.7 Å². The zero-order valence-corrected chi connectivity index (χ0v) is 30.5. The Bertz CT molecular complexity index is 2900. The van der Waals surface area contributed by atoms with Gasteiger partial charge in [-0.05, 0) is 81.9 Å². The maximum atomic E-state index is 14.9. The average Bonchev–Trinajstić information content (AvgIpc) is 3.60. The molecule has 0 spiro atoms. The van der Waals surface area contributed by atoms with Crippen LogP contribution in [0.1, 0.15) is 0 Å². The van der Waals surface area contributed by atoms with E-state index in [9.17, 15) is 8.78 Å². The highest BCUT2D eigenvalue weighted by Crippen LogP contribution is 2.40. The van der Waals surface area contributed by atoms with Crippen molar-refractivity contribution in [3.63, 3.8) is 0 Å². The first-order valence-corrected chi connectivity index (χ1v) is 18.7. The summed E-state index contributed by atoms with van der Waals surface area (Å²) in [6.45, 7) is 0. The van der Waals surface area contributed by atoms with Crippen molar-refractivity contribution in [2.24, 2.45) is 0 Å². The molecule has 6 heteroatoms. The number of aromatic nitrogens is 4. The third-order valence-electron chi connectivity index (χ3n) is 10.4. The van der Waals surface area contributed by atoms with Crippen LogP contribution in [0.4, 0.5) is 8.78 Å². The highest BCUT2D eigenvalue weighted by molar-refractivity contribution is 6.11. The van der Waals surface area contributed by atoms with Gasteiger partial charge in [-0.1, -0.05) is 140 Å². The number of fused-ring (bicyclic) bond motifs is 3. The van der Waals surface area contributed by atoms with E-state index in [0.29, 0.717) is 34.2 Å². The van der Waals surface area contributed by atoms with Gasteiger partial charge in [-0.3, -0.25) is 0 Å². The lowest BCUT2D eigenvalue weighted by molar-refractivity contribution is 0.584. The summed E-state index contributed by atoms with van der Waals surface area (Å²) < 4.78 is 32.0. The van der Waals surface area contributed by atoms with E-state index in [2.05, 4.69) is 89.5 Å². The summed E-state index contributed by atoms with van der Waals surface area (Å²) in [6.07, 6.45) is 0. The molecule has 0 bridgehead atoms. The topological polar surface area (TPSA) is 43.6 Å². The zero-order chi connectivity index (χ0) is 38.3. The van der Waals surface area contributed by atoms with Crippen molar-refractivity contribution in [1.29, 1.82) is 0 Å². The number of nitrogens with zero attached hydrogens (tertiary/aromatic N) is 4. The molecule has 0 aliphatic carbocycles. The van der Waals surface area contributed by atoms with Crippen molar-refractivity contribution in [1.82, 2.24) is 19.5 Å². The second-order valence-electron chi connectivity index (χ2n) is 14.0. The predicted octanol–water partition coefficient (Wildman–Crippen LogP) is 13.2. The highest BCUT2D eigenvalue weighted by Gasteiger charge is 2.20. The Morgan fingerprint density at radius 1 is 0.316 bits per heavy atom. The first-order valence-electron chi connectivity index (χ1n) is 18.7. The molecular weight excluding hydrogens is 707 g/mol. The minimum atomic E-state index is -0.670. The van der Waals surface area contributed by atoms with Crippen molar-refractivity contribution in [2.75, 3.05) is 0 Å². The van der Waals surface area contributed by atoms with Crippen LogP contribution in [0.15, 0.2) is 194 Å². The average molecular weight is 739 g/mol. The highest BCUT2D eigenvalue weighted by atomic mass is 19.1. The van der Waals surface area contributed by atoms with E-state index in [0.717, 1.165) is 66.9 Å². The lowest BCUT2D eigenvalue weighted by Crippen LogP contribution is -2.02. The molecule has 0 fully saturated rings. The molecule has 0 saturated heterocycles. The Kier molecular flexibility index (Phi) is 8.49. The molecule has 57 heavy (non-hydrogen) atoms. The van der Waals surface area contributed by atoms with E-state index in [-0.39, 0.29) is 0 Å². The molecule has 0 unspecified atom stereocenters. The number of benzene rings is 8. The van der Waals surface area contributed by atoms with Crippen molar-refractivity contribution in [2.45, 2.75) is 0 Å². The Morgan fingerprint density at radius 3 is 1.23 bits per heavy atom. The molecule has 0 aliphatic heterocycles. The molecule has 8 aromatic carbocycles. The standard InChI is InChI=1S/C51H32F2N4/c52-40-27-39(28-41(53)31-40)43-24-23-42(32-46(43)51-55-49(35-17-9-3-10-18-35)54-50(56-51)36-19-11-4-12-20-36)57-47-25-21-37(33-13-5-1-6-14-33)29-44(47)45-30-38(22-26-48(45)57)34-15-7-2-8-16-34/h1-32H. The number of hydrogen-bond donors (Lipinski definition) is 0. The zero-order valence-electron chi connectivity index (χ0n) is 30.5. The van der Waals surface area contributed by atoms with Crippen molar-refractivity contribution >= 4 is 21.8 Å². The molecule has 2 heterocycles. The first-order chi connectivity index (χ1) is 28.1. The molecule has 10 aromatic rings. The Morgan fingerprint density at radius 2 is 0.754 bits per heavy atom. The van der Waals surface area contributed by atoms with Crippen LogP contribution < -0.4 is 0 Å². The quantitative estimate of drug-likeness (QED) is 0.164. The summed E-state index contributed by atoms with van der Waals surface area (Å²) in [7, 11) is 0. The molecule has 10 rings (SSSR count). The largest absolute Gasteiger partial charge is 0.309 e. The summed E-state index contributed by atoms with van der Waals surface area (Å²) in [4.78, 5) is 15.0. The maximum absolute atomic E-state index is 14.9. The van der Waals surface area contributed by atoms with Gasteiger partial charge >= 0.3 is 0 Å². The van der Waals surface area contributed by atoms with Crippen LogP contribution in [-0.4, -0.2) is 19.5 Å². The third-order valence-corrected chi connectivity index (χ3v) is 10.4. The second kappa shape index (κ2) is 14.3. The van der Waals surface area contributed by atoms with Gasteiger partial charge in [0.25, 0.3) is 0 Å². The number of rotatable bonds is 7. The normalized spacial score (nSPS) is 11.3. The predicted molar refractivity (Wildman–Crippen MR) is 227 cm³/mol. The molecule has 0 radical (unpaired) electrons. The van der Waals surface area contributed by atoms with Crippen LogP contribution in [-0.2, 0) is 0 Å². The van der Waals surface area contributed by atoms with Crippen molar-refractivity contribution in [3.8, 4) is 73.2 Å². The third kappa shape index (κ3) is 6.43. The van der Waals surface area contributed by atoms with E-state index < -0.39 is 11.6 Å². The fourth-order valence-electron chi connectivity index (χ4n) is 7.67. The summed E-state index contributed by atoms with van der Waals surface area (Å²) in [5, 5.41) is 2.19. The SMILES string of the molecule is Fc1cc(F)cc(-c2ccc(-n3c4ccc(-c5ccccc5)cc4c4cc(-c5ccccc5)ccc43)cc2-c2nc(-c3ccccc3)nc(-c3ccccc3)n2)c1. The van der Waals surface area contributed by atoms with Crippen LogP contribution in [0.5, 0.6) is 0 Å². The summed E-state index contributed by atoms with van der Waals surface area (Å²) in [5.74, 6) is 0.00981. The van der Waals surface area contributed by atoms with Gasteiger partial charge in [0.1, 0.15) is 11.6 Å². The lowest BCUT2D eigenvalue weighted by atomic mass is 9.97. The van der Waals surface area contributed by atoms with Gasteiger partial charge < -0.3 is 4.57 Å². The van der Waals surface area contributed by atoms with Crippen LogP contribution >= 0.6 is 0 Å². The lowest BCUT2D eigenvalue weighted by Gasteiger charge is -2.16. The van der Waals surface area contributed by atoms with Crippen molar-refractivity contribution < 1.29 is 8.78 Å². The van der Waals surface area contributed by atoms with E-state index in [1.54, 1.807) is 0 Å². The summed E-state index contributed by atoms with van der Waals surface area (Å²) in [6, 6.07) is 62.9. The molecule has 0 N–H and O–H groups in total. The van der Waals surface area contributed by atoms with E-state index in [4.69, 9.17) is 15.0 Å². The smallest absolute Gasteiger partial charge is 0.164 e. The Balaban J connectivity index is 1.25. The van der Waals surface area contributed by atoms with Crippen molar-refractivity contribution in [3.05, 3.63) is 206 Å². The van der Waals surface area contributed by atoms with E-state index >= 15 is 0 Å². The van der Waals surface area contributed by atoms with Gasteiger partial charge in [-0.2, -0.15) is 0 Å². The molecule has 270 valence electrons. The van der Waals surface area contributed by atoms with Gasteiger partial charge in [-0.15, -0.1) is 0 Å². The van der Waals surface area contributed by atoms with Gasteiger partial charge in [0.05, 0.1) is 11.0 Å². The molecular formula is C51H32F2N4. The molecule has 0 atom stereocenters. The number of halogens is 2. The maximum Gasteiger partial charge on any atom is 0.164 e. The minimum absolute atomic E-state index is 0.374. The Hall–Kier alpha value is -7.57. The van der Waals surface area contributed by atoms with Gasteiger partial charge in [0, 0.05) is 39.2 Å². The summed E-state index contributed by atoms with van der Waals surface area (Å²) in [5.41, 5.74) is 10.5. The minimum Gasteiger partial charge on any atom is -0.309 e. The monoisotopic (exact) mass is 738 g/mol. The molecule has 4 nitrogen and oxygen atoms in total. The molecule has 0 amide bonds. The number of hydrogen-bond acceptors (Lipinski definition) is 3. The summed E-state index contributed by atoms with van der Waals surface area (Å²) >= 11 is 0. The molecule has 0 aliphatic rings. The fraction of sp³-hybridized carbons (Fsp3) is 0. The van der Waals surface area contributed by atoms with Crippen LogP contribution in [0.3, 0.4) is 0 Å². The van der Waals surface area contributed by atoms with Crippen LogP contribution in [0.2, 0.25) is 0 Å². The first kappa shape index (κ1) is 34.0. The molecule has 2 aromatic heterocycles. The van der Waals surface area contributed by atoms with Crippen LogP contribution in [0, 0.1) is 11.6 Å². The fourth-order valence-corrected chi connectivity index (χ4v) is 7.67. The van der Waals surface area contributed by atoms with Crippen LogP contribution in [0.25, 0.3) is 95.0 Å². The Labute approximate surface area is 328 Å². The van der Waals surface area contributed by atoms with E-state index in [1.165, 1.54) is 12.1 Å².